The van der Waals surface area contributed by atoms with Crippen LogP contribution in [0, 0.1) is 0 Å². The van der Waals surface area contributed by atoms with Crippen molar-refractivity contribution in [1.82, 2.24) is 4.90 Å². The van der Waals surface area contributed by atoms with Gasteiger partial charge in [0.25, 0.3) is 11.1 Å². The van der Waals surface area contributed by atoms with E-state index in [1.54, 1.807) is 42.5 Å². The number of carbonyl (C=O) groups excluding carboxylic acids is 3. The highest BCUT2D eigenvalue weighted by Crippen LogP contribution is 2.36. The van der Waals surface area contributed by atoms with E-state index in [-0.39, 0.29) is 22.9 Å². The number of amides is 3. The Balaban J connectivity index is 1.39. The van der Waals surface area contributed by atoms with E-state index in [0.29, 0.717) is 44.1 Å². The molecule has 0 radical (unpaired) electrons. The first-order chi connectivity index (χ1) is 18.9. The highest BCUT2D eigenvalue weighted by atomic mass is 35.5. The average Bonchev–Trinajstić information content (AvgIpc) is 3.15. The fraction of sp³-hybridized carbons (Fsp3) is 0.148. The number of thioether (sulfide) groups is 1. The second-order valence-electron chi connectivity index (χ2n) is 8.32. The second kappa shape index (κ2) is 12.2. The number of imide groups is 1. The fourth-order valence-corrected chi connectivity index (χ4v) is 4.86. The summed E-state index contributed by atoms with van der Waals surface area (Å²) in [5, 5.41) is 2.57. The van der Waals surface area contributed by atoms with Gasteiger partial charge in [0.05, 0.1) is 23.3 Å². The van der Waals surface area contributed by atoms with Crippen molar-refractivity contribution in [3.63, 3.8) is 0 Å². The molecule has 3 aromatic rings. The standard InChI is InChI=1S/C27H19Cl2F3N2O5S/c1-38-22-9-5-17(27(30,31)32)11-21(22)33-24(35)13-34-25(36)23(40-26(34)37)10-15-2-7-19(8-3-15)39-14-16-4-6-18(28)12-20(16)29/h2-12H,13-14H2,1H3,(H,33,35)/b23-10-. The predicted molar refractivity (Wildman–Crippen MR) is 147 cm³/mol. The van der Waals surface area contributed by atoms with Gasteiger partial charge in [-0.05, 0) is 65.9 Å². The molecule has 0 unspecified atom stereocenters. The number of hydrogen-bond acceptors (Lipinski definition) is 6. The van der Waals surface area contributed by atoms with Crippen molar-refractivity contribution in [2.45, 2.75) is 12.8 Å². The molecule has 0 aliphatic carbocycles. The van der Waals surface area contributed by atoms with E-state index in [1.165, 1.54) is 13.2 Å². The number of nitrogens with one attached hydrogen (secondary N) is 1. The van der Waals surface area contributed by atoms with Gasteiger partial charge in [0.2, 0.25) is 5.91 Å². The van der Waals surface area contributed by atoms with Crippen molar-refractivity contribution in [1.29, 1.82) is 0 Å². The zero-order valence-corrected chi connectivity index (χ0v) is 22.9. The van der Waals surface area contributed by atoms with Gasteiger partial charge in [-0.15, -0.1) is 0 Å². The maximum absolute atomic E-state index is 13.1. The number of rotatable bonds is 8. The Hall–Kier alpha value is -3.67. The molecule has 1 N–H and O–H groups in total. The summed E-state index contributed by atoms with van der Waals surface area (Å²) in [5.41, 5.74) is 0.105. The topological polar surface area (TPSA) is 84.9 Å². The van der Waals surface area contributed by atoms with Crippen molar-refractivity contribution in [2.24, 2.45) is 0 Å². The fourth-order valence-electron chi connectivity index (χ4n) is 3.56. The number of anilines is 1. The van der Waals surface area contributed by atoms with E-state index < -0.39 is 35.3 Å². The minimum atomic E-state index is -4.64. The van der Waals surface area contributed by atoms with Gasteiger partial charge in [0, 0.05) is 15.6 Å². The Morgan fingerprint density at radius 1 is 1.05 bits per heavy atom. The third-order valence-corrected chi connectivity index (χ3v) is 7.06. The zero-order valence-electron chi connectivity index (χ0n) is 20.6. The third-order valence-electron chi connectivity index (χ3n) is 5.56. The van der Waals surface area contributed by atoms with Gasteiger partial charge in [-0.25, -0.2) is 0 Å². The molecule has 3 amide bonds. The number of halogens is 5. The number of ether oxygens (including phenoxy) is 2. The molecule has 0 atom stereocenters. The summed E-state index contributed by atoms with van der Waals surface area (Å²) < 4.78 is 50.0. The Morgan fingerprint density at radius 3 is 2.42 bits per heavy atom. The van der Waals surface area contributed by atoms with Gasteiger partial charge in [0.1, 0.15) is 24.7 Å². The van der Waals surface area contributed by atoms with Crippen LogP contribution < -0.4 is 14.8 Å². The lowest BCUT2D eigenvalue weighted by molar-refractivity contribution is -0.137. The summed E-state index contributed by atoms with van der Waals surface area (Å²) in [6.45, 7) is -0.482. The molecule has 0 bridgehead atoms. The molecular formula is C27H19Cl2F3N2O5S. The maximum Gasteiger partial charge on any atom is 0.416 e. The zero-order chi connectivity index (χ0) is 29.0. The summed E-state index contributed by atoms with van der Waals surface area (Å²) in [6.07, 6.45) is -3.16. The third kappa shape index (κ3) is 7.09. The number of nitrogens with zero attached hydrogens (tertiary/aromatic N) is 1. The highest BCUT2D eigenvalue weighted by Gasteiger charge is 2.37. The monoisotopic (exact) mass is 610 g/mol. The van der Waals surface area contributed by atoms with Crippen molar-refractivity contribution in [2.75, 3.05) is 19.0 Å². The van der Waals surface area contributed by atoms with Crippen LogP contribution in [0.5, 0.6) is 11.5 Å². The van der Waals surface area contributed by atoms with Crippen LogP contribution in [-0.4, -0.2) is 35.6 Å². The first kappa shape index (κ1) is 29.3. The Bertz CT molecular complexity index is 1500. The van der Waals surface area contributed by atoms with Crippen molar-refractivity contribution >= 4 is 63.8 Å². The minimum Gasteiger partial charge on any atom is -0.495 e. The van der Waals surface area contributed by atoms with Crippen LogP contribution >= 0.6 is 35.0 Å². The molecule has 40 heavy (non-hydrogen) atoms. The van der Waals surface area contributed by atoms with Crippen LogP contribution in [0.4, 0.5) is 23.7 Å². The van der Waals surface area contributed by atoms with Crippen molar-refractivity contribution in [3.8, 4) is 11.5 Å². The van der Waals surface area contributed by atoms with Gasteiger partial charge < -0.3 is 14.8 Å². The number of hydrogen-bond donors (Lipinski definition) is 1. The number of alkyl halides is 3. The average molecular weight is 611 g/mol. The van der Waals surface area contributed by atoms with Crippen LogP contribution in [0.2, 0.25) is 10.0 Å². The molecule has 7 nitrogen and oxygen atoms in total. The number of benzene rings is 3. The smallest absolute Gasteiger partial charge is 0.416 e. The molecule has 1 aliphatic rings. The Labute approximate surface area is 240 Å². The molecule has 0 spiro atoms. The van der Waals surface area contributed by atoms with E-state index in [1.807, 2.05) is 0 Å². The normalized spacial score (nSPS) is 14.6. The SMILES string of the molecule is COc1ccc(C(F)(F)F)cc1NC(=O)CN1C(=O)S/C(=C\c2ccc(OCc3ccc(Cl)cc3Cl)cc2)C1=O. The summed E-state index contributed by atoms with van der Waals surface area (Å²) in [6, 6.07) is 14.4. The molecule has 13 heteroatoms. The Kier molecular flexibility index (Phi) is 8.97. The van der Waals surface area contributed by atoms with Crippen LogP contribution in [0.3, 0.4) is 0 Å². The molecule has 1 heterocycles. The number of carbonyl (C=O) groups is 3. The first-order valence-corrected chi connectivity index (χ1v) is 13.0. The maximum atomic E-state index is 13.1. The first-order valence-electron chi connectivity index (χ1n) is 11.4. The second-order valence-corrected chi connectivity index (χ2v) is 10.2. The minimum absolute atomic E-state index is 0.0147. The molecule has 0 aromatic heterocycles. The van der Waals surface area contributed by atoms with Gasteiger partial charge in [-0.2, -0.15) is 13.2 Å². The molecule has 1 aliphatic heterocycles. The van der Waals surface area contributed by atoms with Crippen LogP contribution in [0.15, 0.2) is 65.6 Å². The van der Waals surface area contributed by atoms with E-state index in [0.717, 1.165) is 17.7 Å². The van der Waals surface area contributed by atoms with Gasteiger partial charge >= 0.3 is 6.18 Å². The molecule has 1 saturated heterocycles. The van der Waals surface area contributed by atoms with E-state index in [4.69, 9.17) is 32.7 Å². The van der Waals surface area contributed by atoms with Crippen molar-refractivity contribution in [3.05, 3.63) is 92.3 Å². The predicted octanol–water partition coefficient (Wildman–Crippen LogP) is 7.27. The lowest BCUT2D eigenvalue weighted by Gasteiger charge is -2.16. The highest BCUT2D eigenvalue weighted by molar-refractivity contribution is 8.18. The molecule has 208 valence electrons. The van der Waals surface area contributed by atoms with Crippen LogP contribution in [-0.2, 0) is 22.4 Å². The van der Waals surface area contributed by atoms with E-state index in [2.05, 4.69) is 5.32 Å². The quantitative estimate of drug-likeness (QED) is 0.270. The van der Waals surface area contributed by atoms with Gasteiger partial charge in [-0.1, -0.05) is 41.4 Å². The van der Waals surface area contributed by atoms with Crippen LogP contribution in [0.25, 0.3) is 6.08 Å². The summed E-state index contributed by atoms with van der Waals surface area (Å²) in [4.78, 5) is 38.6. The largest absolute Gasteiger partial charge is 0.495 e. The number of methoxy groups -OCH3 is 1. The molecule has 4 rings (SSSR count). The van der Waals surface area contributed by atoms with Crippen molar-refractivity contribution < 1.29 is 37.0 Å². The van der Waals surface area contributed by atoms with E-state index >= 15 is 0 Å². The van der Waals surface area contributed by atoms with Gasteiger partial charge in [0.15, 0.2) is 0 Å². The summed E-state index contributed by atoms with van der Waals surface area (Å²) in [7, 11) is 1.23. The lowest BCUT2D eigenvalue weighted by Crippen LogP contribution is -2.36. The Morgan fingerprint density at radius 2 is 1.77 bits per heavy atom. The molecule has 3 aromatic carbocycles. The van der Waals surface area contributed by atoms with Gasteiger partial charge in [-0.3, -0.25) is 19.3 Å². The molecule has 1 fully saturated rings. The molecular weight excluding hydrogens is 592 g/mol. The van der Waals surface area contributed by atoms with Crippen LogP contribution in [0.1, 0.15) is 16.7 Å². The van der Waals surface area contributed by atoms with E-state index in [9.17, 15) is 27.6 Å². The summed E-state index contributed by atoms with van der Waals surface area (Å²) in [5.74, 6) is -1.06. The summed E-state index contributed by atoms with van der Waals surface area (Å²) >= 11 is 12.7. The molecule has 0 saturated carbocycles. The lowest BCUT2D eigenvalue weighted by atomic mass is 10.1.